The zero-order valence-electron chi connectivity index (χ0n) is 23.7. The molecule has 0 spiro atoms. The van der Waals surface area contributed by atoms with Crippen LogP contribution >= 0.6 is 0 Å². The number of nitrogens with one attached hydrogen (secondary N) is 4. The maximum atomic E-state index is 12.9. The van der Waals surface area contributed by atoms with Gasteiger partial charge in [0.15, 0.2) is 17.5 Å². The molecule has 0 bridgehead atoms. The van der Waals surface area contributed by atoms with Crippen molar-refractivity contribution in [3.05, 3.63) is 107 Å². The molecule has 216 valence electrons. The van der Waals surface area contributed by atoms with E-state index in [1.807, 2.05) is 37.3 Å². The molecule has 0 heterocycles. The fraction of sp³-hybridized carbons (Fsp3) is 0.156. The number of aryl methyl sites for hydroxylation is 1. The third kappa shape index (κ3) is 7.36. The molecule has 2 amide bonds. The van der Waals surface area contributed by atoms with E-state index in [-0.39, 0.29) is 17.4 Å². The summed E-state index contributed by atoms with van der Waals surface area (Å²) < 4.78 is 21.7. The molecule has 0 aliphatic rings. The number of amides is 2. The van der Waals surface area contributed by atoms with E-state index in [4.69, 9.17) is 24.4 Å². The summed E-state index contributed by atoms with van der Waals surface area (Å²) in [6.45, 7) is 2.29. The van der Waals surface area contributed by atoms with E-state index in [1.165, 1.54) is 33.5 Å². The Morgan fingerprint density at radius 1 is 0.738 bits per heavy atom. The second-order valence-corrected chi connectivity index (χ2v) is 9.15. The molecule has 10 nitrogen and oxygen atoms in total. The second-order valence-electron chi connectivity index (χ2n) is 9.15. The minimum absolute atomic E-state index is 0.212. The van der Waals surface area contributed by atoms with Crippen LogP contribution < -0.4 is 34.9 Å². The molecule has 0 radical (unpaired) electrons. The van der Waals surface area contributed by atoms with Crippen LogP contribution in [0.2, 0.25) is 0 Å². The lowest BCUT2D eigenvalue weighted by Crippen LogP contribution is -2.35. The van der Waals surface area contributed by atoms with Crippen LogP contribution in [-0.2, 0) is 6.61 Å². The highest BCUT2D eigenvalue weighted by atomic mass is 16.5. The molecule has 4 N–H and O–H groups in total. The van der Waals surface area contributed by atoms with Crippen LogP contribution in [0.5, 0.6) is 23.0 Å². The summed E-state index contributed by atoms with van der Waals surface area (Å²) in [6.07, 6.45) is 0. The van der Waals surface area contributed by atoms with Crippen molar-refractivity contribution < 1.29 is 28.5 Å². The molecule has 0 unspecified atom stereocenters. The minimum Gasteiger partial charge on any atom is -0.493 e. The van der Waals surface area contributed by atoms with Crippen molar-refractivity contribution >= 4 is 29.1 Å². The number of benzene rings is 4. The molecule has 42 heavy (non-hydrogen) atoms. The van der Waals surface area contributed by atoms with Crippen LogP contribution in [0.15, 0.2) is 84.9 Å². The van der Waals surface area contributed by atoms with Crippen molar-refractivity contribution in [2.24, 2.45) is 0 Å². The maximum Gasteiger partial charge on any atom is 0.258 e. The summed E-state index contributed by atoms with van der Waals surface area (Å²) >= 11 is 0. The molecule has 10 heteroatoms. The summed E-state index contributed by atoms with van der Waals surface area (Å²) in [5, 5.41) is 16.5. The van der Waals surface area contributed by atoms with Gasteiger partial charge in [-0.3, -0.25) is 20.3 Å². The highest BCUT2D eigenvalue weighted by Gasteiger charge is 2.18. The molecular formula is C32H32N4O6. The van der Waals surface area contributed by atoms with Gasteiger partial charge in [-0.25, -0.2) is 0 Å². The monoisotopic (exact) mass is 568 g/mol. The van der Waals surface area contributed by atoms with E-state index in [0.29, 0.717) is 46.5 Å². The van der Waals surface area contributed by atoms with Crippen molar-refractivity contribution in [3.63, 3.8) is 0 Å². The van der Waals surface area contributed by atoms with E-state index in [2.05, 4.69) is 16.0 Å². The highest BCUT2D eigenvalue weighted by Crippen LogP contribution is 2.38. The second kappa shape index (κ2) is 13.7. The normalized spacial score (nSPS) is 10.3. The standard InChI is InChI=1S/C32H32N4O6/c1-20-10-13-24(34-32(33)36-31(38)23-16-27(39-2)29(41-4)28(17-23)40-3)18-26(20)35-30(37)22-11-14-25(15-12-22)42-19-21-8-6-5-7-9-21/h5-18H,19H2,1-4H3,(H,35,37)(H3,33,34,36,38). The quantitative estimate of drug-likeness (QED) is 0.144. The lowest BCUT2D eigenvalue weighted by Gasteiger charge is -2.15. The fourth-order valence-corrected chi connectivity index (χ4v) is 4.05. The average Bonchev–Trinajstić information content (AvgIpc) is 3.01. The van der Waals surface area contributed by atoms with E-state index in [0.717, 1.165) is 11.1 Å². The third-order valence-electron chi connectivity index (χ3n) is 6.29. The number of carbonyl (C=O) groups is 2. The summed E-state index contributed by atoms with van der Waals surface area (Å²) in [6, 6.07) is 24.9. The molecule has 4 aromatic carbocycles. The van der Waals surface area contributed by atoms with Crippen LogP contribution in [0.4, 0.5) is 11.4 Å². The van der Waals surface area contributed by atoms with Gasteiger partial charge in [-0.05, 0) is 66.6 Å². The molecular weight excluding hydrogens is 536 g/mol. The number of hydrogen-bond acceptors (Lipinski definition) is 7. The van der Waals surface area contributed by atoms with Crippen molar-refractivity contribution in [3.8, 4) is 23.0 Å². The zero-order valence-corrected chi connectivity index (χ0v) is 23.7. The summed E-state index contributed by atoms with van der Waals surface area (Å²) in [4.78, 5) is 25.8. The number of carbonyl (C=O) groups excluding carboxylic acids is 2. The SMILES string of the molecule is COc1cc(C(=O)NC(=N)Nc2ccc(C)c(NC(=O)c3ccc(OCc4ccccc4)cc3)c2)cc(OC)c1OC. The Kier molecular flexibility index (Phi) is 9.62. The topological polar surface area (TPSA) is 131 Å². The Morgan fingerprint density at radius 3 is 2.02 bits per heavy atom. The van der Waals surface area contributed by atoms with Gasteiger partial charge < -0.3 is 29.6 Å². The number of methoxy groups -OCH3 is 3. The molecule has 0 atom stereocenters. The van der Waals surface area contributed by atoms with E-state index >= 15 is 0 Å². The van der Waals surface area contributed by atoms with Crippen LogP contribution in [0, 0.1) is 12.3 Å². The Labute approximate surface area is 244 Å². The van der Waals surface area contributed by atoms with Gasteiger partial charge in [-0.1, -0.05) is 36.4 Å². The largest absolute Gasteiger partial charge is 0.493 e. The van der Waals surface area contributed by atoms with E-state index in [1.54, 1.807) is 42.5 Å². The fourth-order valence-electron chi connectivity index (χ4n) is 4.05. The van der Waals surface area contributed by atoms with Crippen LogP contribution in [0.3, 0.4) is 0 Å². The van der Waals surface area contributed by atoms with Gasteiger partial charge in [-0.2, -0.15) is 0 Å². The smallest absolute Gasteiger partial charge is 0.258 e. The first-order valence-corrected chi connectivity index (χ1v) is 13.0. The van der Waals surface area contributed by atoms with Crippen molar-refractivity contribution in [2.75, 3.05) is 32.0 Å². The molecule has 0 aliphatic carbocycles. The van der Waals surface area contributed by atoms with Crippen LogP contribution in [0.1, 0.15) is 31.8 Å². The number of ether oxygens (including phenoxy) is 4. The number of rotatable bonds is 10. The van der Waals surface area contributed by atoms with E-state index < -0.39 is 5.91 Å². The highest BCUT2D eigenvalue weighted by molar-refractivity contribution is 6.10. The zero-order chi connectivity index (χ0) is 30.1. The van der Waals surface area contributed by atoms with Crippen molar-refractivity contribution in [1.29, 1.82) is 5.41 Å². The van der Waals surface area contributed by atoms with Gasteiger partial charge >= 0.3 is 0 Å². The number of anilines is 2. The van der Waals surface area contributed by atoms with Gasteiger partial charge in [0.2, 0.25) is 5.75 Å². The lowest BCUT2D eigenvalue weighted by molar-refractivity contribution is 0.0974. The Hall–Kier alpha value is -5.51. The Bertz CT molecular complexity index is 1550. The van der Waals surface area contributed by atoms with Crippen LogP contribution in [0.25, 0.3) is 0 Å². The molecule has 0 aliphatic heterocycles. The first-order valence-electron chi connectivity index (χ1n) is 13.0. The third-order valence-corrected chi connectivity index (χ3v) is 6.29. The van der Waals surface area contributed by atoms with E-state index in [9.17, 15) is 9.59 Å². The van der Waals surface area contributed by atoms with Gasteiger partial charge in [0.1, 0.15) is 12.4 Å². The lowest BCUT2D eigenvalue weighted by atomic mass is 10.1. The van der Waals surface area contributed by atoms with Crippen molar-refractivity contribution in [2.45, 2.75) is 13.5 Å². The van der Waals surface area contributed by atoms with Crippen LogP contribution in [-0.4, -0.2) is 39.1 Å². The summed E-state index contributed by atoms with van der Waals surface area (Å²) in [5.41, 5.74) is 3.60. The minimum atomic E-state index is -0.552. The maximum absolute atomic E-state index is 12.9. The predicted octanol–water partition coefficient (Wildman–Crippen LogP) is 5.63. The van der Waals surface area contributed by atoms with Gasteiger partial charge in [0.25, 0.3) is 11.8 Å². The molecule has 0 saturated carbocycles. The first-order chi connectivity index (χ1) is 20.3. The molecule has 4 aromatic rings. The van der Waals surface area contributed by atoms with Crippen molar-refractivity contribution in [1.82, 2.24) is 5.32 Å². The number of hydrogen-bond donors (Lipinski definition) is 4. The summed E-state index contributed by atoms with van der Waals surface area (Å²) in [7, 11) is 4.37. The number of guanidine groups is 1. The Balaban J connectivity index is 1.37. The summed E-state index contributed by atoms with van der Waals surface area (Å²) in [5.74, 6) is 0.529. The first kappa shape index (κ1) is 29.5. The molecule has 0 saturated heterocycles. The molecule has 0 fully saturated rings. The van der Waals surface area contributed by atoms with Gasteiger partial charge in [-0.15, -0.1) is 0 Å². The van der Waals surface area contributed by atoms with Gasteiger partial charge in [0, 0.05) is 22.5 Å². The molecule has 0 aromatic heterocycles. The average molecular weight is 569 g/mol. The Morgan fingerprint density at radius 2 is 1.40 bits per heavy atom. The van der Waals surface area contributed by atoms with Gasteiger partial charge in [0.05, 0.1) is 21.3 Å². The molecule has 4 rings (SSSR count). The predicted molar refractivity (Wildman–Crippen MR) is 161 cm³/mol.